The van der Waals surface area contributed by atoms with E-state index in [1.165, 1.54) is 5.56 Å². The van der Waals surface area contributed by atoms with Crippen molar-refractivity contribution in [1.82, 2.24) is 9.55 Å². The highest BCUT2D eigenvalue weighted by Crippen LogP contribution is 2.06. The number of aryl methyl sites for hydroxylation is 1. The highest BCUT2D eigenvalue weighted by molar-refractivity contribution is 5.40. The number of hydrogen-bond acceptors (Lipinski definition) is 2. The predicted octanol–water partition coefficient (Wildman–Crippen LogP) is 1.81. The van der Waals surface area contributed by atoms with E-state index in [0.717, 1.165) is 12.2 Å². The lowest BCUT2D eigenvalue weighted by Gasteiger charge is -2.07. The van der Waals surface area contributed by atoms with Crippen LogP contribution in [-0.4, -0.2) is 9.55 Å². The molecule has 2 aromatic heterocycles. The van der Waals surface area contributed by atoms with Crippen molar-refractivity contribution in [3.05, 3.63) is 52.7 Å². The average molecular weight is 217 g/mol. The highest BCUT2D eigenvalue weighted by atomic mass is 16.1. The molecule has 2 heterocycles. The molecule has 0 aromatic carbocycles. The zero-order valence-corrected chi connectivity index (χ0v) is 9.23. The standard InChI is InChI=1S/C12H15N3O/c1-2-15-9-11(3-4-12(15)16)14-8-10-5-6-13-7-10/h3-7,9,13-14H,2,8H2,1H3. The van der Waals surface area contributed by atoms with Crippen LogP contribution in [0, 0.1) is 0 Å². The third-order valence-electron chi connectivity index (χ3n) is 2.48. The lowest BCUT2D eigenvalue weighted by Crippen LogP contribution is -2.17. The average Bonchev–Trinajstić information content (AvgIpc) is 2.81. The molecule has 0 aliphatic heterocycles. The van der Waals surface area contributed by atoms with Crippen LogP contribution in [0.3, 0.4) is 0 Å². The first kappa shape index (κ1) is 10.5. The number of nitrogens with zero attached hydrogens (tertiary/aromatic N) is 1. The van der Waals surface area contributed by atoms with Crippen molar-refractivity contribution < 1.29 is 0 Å². The van der Waals surface area contributed by atoms with E-state index in [1.807, 2.05) is 31.6 Å². The van der Waals surface area contributed by atoms with Crippen LogP contribution in [0.2, 0.25) is 0 Å². The van der Waals surface area contributed by atoms with E-state index in [4.69, 9.17) is 0 Å². The van der Waals surface area contributed by atoms with Gasteiger partial charge in [0.05, 0.1) is 5.69 Å². The predicted molar refractivity (Wildman–Crippen MR) is 64.5 cm³/mol. The molecule has 0 atom stereocenters. The van der Waals surface area contributed by atoms with Gasteiger partial charge in [-0.15, -0.1) is 0 Å². The van der Waals surface area contributed by atoms with Crippen LogP contribution in [0.5, 0.6) is 0 Å². The Bertz CT molecular complexity index is 499. The van der Waals surface area contributed by atoms with E-state index in [9.17, 15) is 4.79 Å². The summed E-state index contributed by atoms with van der Waals surface area (Å²) in [6.45, 7) is 3.40. The third-order valence-corrected chi connectivity index (χ3v) is 2.48. The van der Waals surface area contributed by atoms with E-state index in [1.54, 1.807) is 16.7 Å². The number of nitrogens with one attached hydrogen (secondary N) is 2. The van der Waals surface area contributed by atoms with Gasteiger partial charge in [-0.05, 0) is 24.6 Å². The molecule has 0 spiro atoms. The van der Waals surface area contributed by atoms with E-state index < -0.39 is 0 Å². The largest absolute Gasteiger partial charge is 0.380 e. The maximum absolute atomic E-state index is 11.4. The molecule has 0 saturated heterocycles. The van der Waals surface area contributed by atoms with E-state index in [0.29, 0.717) is 6.54 Å². The summed E-state index contributed by atoms with van der Waals surface area (Å²) in [5.74, 6) is 0. The molecule has 2 aromatic rings. The molecule has 0 fully saturated rings. The van der Waals surface area contributed by atoms with Crippen molar-refractivity contribution in [2.45, 2.75) is 20.0 Å². The number of aromatic nitrogens is 2. The summed E-state index contributed by atoms with van der Waals surface area (Å²) in [5.41, 5.74) is 2.19. The van der Waals surface area contributed by atoms with Gasteiger partial charge in [-0.3, -0.25) is 4.79 Å². The Morgan fingerprint density at radius 1 is 1.38 bits per heavy atom. The van der Waals surface area contributed by atoms with Gasteiger partial charge in [0.2, 0.25) is 0 Å². The van der Waals surface area contributed by atoms with Crippen LogP contribution in [0.1, 0.15) is 12.5 Å². The minimum atomic E-state index is 0.0368. The minimum absolute atomic E-state index is 0.0368. The minimum Gasteiger partial charge on any atom is -0.380 e. The van der Waals surface area contributed by atoms with Crippen molar-refractivity contribution in [2.75, 3.05) is 5.32 Å². The summed E-state index contributed by atoms with van der Waals surface area (Å²) in [4.78, 5) is 14.4. The fraction of sp³-hybridized carbons (Fsp3) is 0.250. The summed E-state index contributed by atoms with van der Waals surface area (Å²) in [5, 5.41) is 3.27. The van der Waals surface area contributed by atoms with Gasteiger partial charge < -0.3 is 14.9 Å². The summed E-state index contributed by atoms with van der Waals surface area (Å²) in [6.07, 6.45) is 5.68. The number of hydrogen-bond donors (Lipinski definition) is 2. The Hall–Kier alpha value is -1.97. The second-order valence-corrected chi connectivity index (χ2v) is 3.61. The molecule has 0 bridgehead atoms. The monoisotopic (exact) mass is 217 g/mol. The number of anilines is 1. The second kappa shape index (κ2) is 4.70. The molecule has 2 rings (SSSR count). The first-order chi connectivity index (χ1) is 7.79. The zero-order chi connectivity index (χ0) is 11.4. The van der Waals surface area contributed by atoms with Gasteiger partial charge >= 0.3 is 0 Å². The first-order valence-electron chi connectivity index (χ1n) is 5.35. The molecule has 4 nitrogen and oxygen atoms in total. The molecule has 0 unspecified atom stereocenters. The van der Waals surface area contributed by atoms with E-state index in [2.05, 4.69) is 10.3 Å². The van der Waals surface area contributed by atoms with Crippen LogP contribution >= 0.6 is 0 Å². The van der Waals surface area contributed by atoms with Gasteiger partial charge in [0.1, 0.15) is 0 Å². The SMILES string of the molecule is CCn1cc(NCc2cc[nH]c2)ccc1=O. The molecule has 0 aliphatic rings. The Labute approximate surface area is 93.9 Å². The molecular weight excluding hydrogens is 202 g/mol. The molecule has 84 valence electrons. The fourth-order valence-electron chi connectivity index (χ4n) is 1.56. The lowest BCUT2D eigenvalue weighted by molar-refractivity contribution is 0.727. The quantitative estimate of drug-likeness (QED) is 0.820. The molecule has 0 amide bonds. The van der Waals surface area contributed by atoms with Crippen molar-refractivity contribution >= 4 is 5.69 Å². The first-order valence-corrected chi connectivity index (χ1v) is 5.35. The molecular formula is C12H15N3O. The number of H-pyrrole nitrogens is 1. The zero-order valence-electron chi connectivity index (χ0n) is 9.23. The molecule has 4 heteroatoms. The topological polar surface area (TPSA) is 49.8 Å². The Morgan fingerprint density at radius 3 is 2.94 bits per heavy atom. The van der Waals surface area contributed by atoms with Gasteiger partial charge in [0.15, 0.2) is 0 Å². The Balaban J connectivity index is 2.07. The molecule has 2 N–H and O–H groups in total. The summed E-state index contributed by atoms with van der Waals surface area (Å²) >= 11 is 0. The van der Waals surface area contributed by atoms with Crippen LogP contribution in [0.15, 0.2) is 41.6 Å². The van der Waals surface area contributed by atoms with E-state index in [-0.39, 0.29) is 5.56 Å². The molecule has 0 radical (unpaired) electrons. The molecule has 0 aliphatic carbocycles. The normalized spacial score (nSPS) is 10.3. The van der Waals surface area contributed by atoms with Crippen LogP contribution < -0.4 is 10.9 Å². The van der Waals surface area contributed by atoms with Gasteiger partial charge in [-0.2, -0.15) is 0 Å². The fourth-order valence-corrected chi connectivity index (χ4v) is 1.56. The maximum atomic E-state index is 11.4. The van der Waals surface area contributed by atoms with Crippen molar-refractivity contribution in [3.63, 3.8) is 0 Å². The van der Waals surface area contributed by atoms with Gasteiger partial charge in [0, 0.05) is 37.7 Å². The maximum Gasteiger partial charge on any atom is 0.250 e. The lowest BCUT2D eigenvalue weighted by atomic mass is 10.3. The van der Waals surface area contributed by atoms with E-state index >= 15 is 0 Å². The van der Waals surface area contributed by atoms with Crippen molar-refractivity contribution in [1.29, 1.82) is 0 Å². The smallest absolute Gasteiger partial charge is 0.250 e. The van der Waals surface area contributed by atoms with Gasteiger partial charge in [0.25, 0.3) is 5.56 Å². The van der Waals surface area contributed by atoms with Crippen LogP contribution in [-0.2, 0) is 13.1 Å². The van der Waals surface area contributed by atoms with Crippen LogP contribution in [0.4, 0.5) is 5.69 Å². The number of rotatable bonds is 4. The van der Waals surface area contributed by atoms with Gasteiger partial charge in [-0.25, -0.2) is 0 Å². The Morgan fingerprint density at radius 2 is 2.25 bits per heavy atom. The Kier molecular flexibility index (Phi) is 3.10. The van der Waals surface area contributed by atoms with Crippen molar-refractivity contribution in [2.24, 2.45) is 0 Å². The van der Waals surface area contributed by atoms with Crippen molar-refractivity contribution in [3.8, 4) is 0 Å². The second-order valence-electron chi connectivity index (χ2n) is 3.61. The van der Waals surface area contributed by atoms with Crippen LogP contribution in [0.25, 0.3) is 0 Å². The summed E-state index contributed by atoms with van der Waals surface area (Å²) < 4.78 is 1.68. The summed E-state index contributed by atoms with van der Waals surface area (Å²) in [6, 6.07) is 5.41. The number of aromatic amines is 1. The summed E-state index contributed by atoms with van der Waals surface area (Å²) in [7, 11) is 0. The molecule has 0 saturated carbocycles. The highest BCUT2D eigenvalue weighted by Gasteiger charge is 1.97. The van der Waals surface area contributed by atoms with Gasteiger partial charge in [-0.1, -0.05) is 0 Å². The molecule has 16 heavy (non-hydrogen) atoms. The number of pyridine rings is 1. The third kappa shape index (κ3) is 2.34.